The zero-order valence-corrected chi connectivity index (χ0v) is 17.2. The molecule has 1 atom stereocenters. The van der Waals surface area contributed by atoms with E-state index in [0.29, 0.717) is 6.61 Å². The maximum absolute atomic E-state index is 14.0. The van der Waals surface area contributed by atoms with Gasteiger partial charge in [-0.25, -0.2) is 9.37 Å². The fraction of sp³-hybridized carbons (Fsp3) is 0.286. The Bertz CT molecular complexity index is 971. The van der Waals surface area contributed by atoms with Crippen molar-refractivity contribution in [2.45, 2.75) is 29.4 Å². The van der Waals surface area contributed by atoms with Crippen molar-refractivity contribution >= 4 is 23.1 Å². The molecule has 3 aromatic rings. The molecule has 1 aliphatic heterocycles. The third-order valence-electron chi connectivity index (χ3n) is 4.33. The first kappa shape index (κ1) is 18.6. The van der Waals surface area contributed by atoms with Crippen LogP contribution in [0.4, 0.5) is 4.39 Å². The smallest absolute Gasteiger partial charge is 0.123 e. The Kier molecular flexibility index (Phi) is 5.32. The topological polar surface area (TPSA) is 25.4 Å². The molecule has 0 saturated carbocycles. The van der Waals surface area contributed by atoms with Crippen LogP contribution in [0, 0.1) is 5.82 Å². The third-order valence-corrected chi connectivity index (χ3v) is 6.55. The molecule has 0 amide bonds. The van der Waals surface area contributed by atoms with Crippen LogP contribution < -0.4 is 0 Å². The number of halogens is 1. The normalized spacial score (nSPS) is 13.7. The van der Waals surface area contributed by atoms with Gasteiger partial charge in [-0.3, -0.25) is 0 Å². The summed E-state index contributed by atoms with van der Waals surface area (Å²) in [6.07, 6.45) is 0.122. The van der Waals surface area contributed by atoms with Crippen LogP contribution in [-0.2, 0) is 11.3 Å². The summed E-state index contributed by atoms with van der Waals surface area (Å²) in [6.45, 7) is 3.39. The van der Waals surface area contributed by atoms with Gasteiger partial charge in [0, 0.05) is 27.5 Å². The highest BCUT2D eigenvalue weighted by atomic mass is 32.2. The number of rotatable bonds is 5. The van der Waals surface area contributed by atoms with Crippen LogP contribution in [0.2, 0.25) is 0 Å². The maximum Gasteiger partial charge on any atom is 0.123 e. The zero-order chi connectivity index (χ0) is 19.0. The van der Waals surface area contributed by atoms with E-state index in [1.807, 2.05) is 32.3 Å². The Balaban J connectivity index is 1.73. The molecular weight excluding hydrogens is 379 g/mol. The molecule has 0 N–H and O–H groups in total. The van der Waals surface area contributed by atoms with E-state index in [-0.39, 0.29) is 11.9 Å². The highest BCUT2D eigenvalue weighted by Gasteiger charge is 2.24. The van der Waals surface area contributed by atoms with Gasteiger partial charge >= 0.3 is 0 Å². The Morgan fingerprint density at radius 1 is 1.11 bits per heavy atom. The fourth-order valence-corrected chi connectivity index (χ4v) is 5.38. The lowest BCUT2D eigenvalue weighted by atomic mass is 10.1. The van der Waals surface area contributed by atoms with Crippen molar-refractivity contribution in [1.82, 2.24) is 9.88 Å². The predicted molar refractivity (Wildman–Crippen MR) is 110 cm³/mol. The quantitative estimate of drug-likeness (QED) is 0.439. The molecule has 140 valence electrons. The van der Waals surface area contributed by atoms with E-state index in [0.717, 1.165) is 38.1 Å². The number of nitrogens with zero attached hydrogens (tertiary/aromatic N) is 2. The minimum Gasteiger partial charge on any atom is -0.370 e. The van der Waals surface area contributed by atoms with Crippen LogP contribution >= 0.6 is 23.1 Å². The summed E-state index contributed by atoms with van der Waals surface area (Å²) in [5.41, 5.74) is 2.86. The van der Waals surface area contributed by atoms with Gasteiger partial charge in [-0.15, -0.1) is 11.3 Å². The molecule has 6 heteroatoms. The van der Waals surface area contributed by atoms with Crippen LogP contribution in [-0.4, -0.2) is 36.6 Å². The van der Waals surface area contributed by atoms with Gasteiger partial charge in [0.25, 0.3) is 0 Å². The van der Waals surface area contributed by atoms with Gasteiger partial charge in [0.2, 0.25) is 0 Å². The molecule has 1 aliphatic rings. The number of benzene rings is 2. The minimum atomic E-state index is -0.239. The highest BCUT2D eigenvalue weighted by molar-refractivity contribution is 7.99. The molecule has 0 fully saturated rings. The standard InChI is InChI=1S/C21H21FN2OS2/c1-13(11-24(2)3)25-12-19-23-20-16-10-14(22)8-9-18(16)26-17-7-5-4-6-15(17)21(20)27-19/h4-10,13H,11-12H2,1-3H3. The first-order valence-electron chi connectivity index (χ1n) is 8.84. The Labute approximate surface area is 167 Å². The molecular formula is C21H21FN2OS2. The number of fused-ring (bicyclic) bond motifs is 5. The van der Waals surface area contributed by atoms with Crippen molar-refractivity contribution in [3.8, 4) is 21.7 Å². The van der Waals surface area contributed by atoms with Gasteiger partial charge in [-0.2, -0.15) is 0 Å². The second-order valence-corrected chi connectivity index (χ2v) is 9.08. The van der Waals surface area contributed by atoms with Crippen LogP contribution in [0.5, 0.6) is 0 Å². The van der Waals surface area contributed by atoms with E-state index in [9.17, 15) is 4.39 Å². The summed E-state index contributed by atoms with van der Waals surface area (Å²) in [5.74, 6) is -0.239. The summed E-state index contributed by atoms with van der Waals surface area (Å²) in [6, 6.07) is 13.2. The van der Waals surface area contributed by atoms with Crippen LogP contribution in [0.1, 0.15) is 11.9 Å². The number of hydrogen-bond acceptors (Lipinski definition) is 5. The highest BCUT2D eigenvalue weighted by Crippen LogP contribution is 2.49. The van der Waals surface area contributed by atoms with Gasteiger partial charge in [-0.1, -0.05) is 30.0 Å². The van der Waals surface area contributed by atoms with E-state index in [1.165, 1.54) is 11.0 Å². The molecule has 2 heterocycles. The first-order valence-corrected chi connectivity index (χ1v) is 10.5. The summed E-state index contributed by atoms with van der Waals surface area (Å²) in [4.78, 5) is 10.2. The second kappa shape index (κ2) is 7.72. The van der Waals surface area contributed by atoms with Crippen molar-refractivity contribution in [2.24, 2.45) is 0 Å². The van der Waals surface area contributed by atoms with Gasteiger partial charge in [-0.05, 0) is 45.3 Å². The fourth-order valence-electron chi connectivity index (χ4n) is 3.21. The summed E-state index contributed by atoms with van der Waals surface area (Å²) in [5, 5.41) is 0.919. The molecule has 0 saturated heterocycles. The largest absolute Gasteiger partial charge is 0.370 e. The SMILES string of the molecule is CC(CN(C)C)OCc1nc2c(s1)-c1ccccc1Sc1ccc(F)cc1-2. The van der Waals surface area contributed by atoms with Crippen molar-refractivity contribution in [1.29, 1.82) is 0 Å². The van der Waals surface area contributed by atoms with Gasteiger partial charge in [0.1, 0.15) is 10.8 Å². The maximum atomic E-state index is 14.0. The molecule has 27 heavy (non-hydrogen) atoms. The van der Waals surface area contributed by atoms with Gasteiger partial charge < -0.3 is 9.64 Å². The second-order valence-electron chi connectivity index (χ2n) is 6.91. The van der Waals surface area contributed by atoms with E-state index >= 15 is 0 Å². The van der Waals surface area contributed by atoms with Gasteiger partial charge in [0.05, 0.1) is 23.3 Å². The lowest BCUT2D eigenvalue weighted by Crippen LogP contribution is -2.25. The average molecular weight is 401 g/mol. The van der Waals surface area contributed by atoms with E-state index in [4.69, 9.17) is 9.72 Å². The third kappa shape index (κ3) is 3.94. The number of hydrogen-bond donors (Lipinski definition) is 0. The predicted octanol–water partition coefficient (Wildman–Crippen LogP) is 5.55. The minimum absolute atomic E-state index is 0.122. The van der Waals surface area contributed by atoms with Crippen molar-refractivity contribution in [2.75, 3.05) is 20.6 Å². The molecule has 0 aliphatic carbocycles. The zero-order valence-electron chi connectivity index (χ0n) is 15.5. The number of aromatic nitrogens is 1. The number of likely N-dealkylation sites (N-methyl/N-ethyl adjacent to an activating group) is 1. The first-order chi connectivity index (χ1) is 13.0. The average Bonchev–Trinajstić information content (AvgIpc) is 3.00. The number of ether oxygens (including phenoxy) is 1. The lowest BCUT2D eigenvalue weighted by Gasteiger charge is -2.16. The van der Waals surface area contributed by atoms with Crippen molar-refractivity contribution < 1.29 is 9.13 Å². The van der Waals surface area contributed by atoms with Crippen LogP contribution in [0.15, 0.2) is 52.3 Å². The number of thiazole rings is 1. The van der Waals surface area contributed by atoms with Gasteiger partial charge in [0.15, 0.2) is 0 Å². The Hall–Kier alpha value is -1.73. The molecule has 3 nitrogen and oxygen atoms in total. The lowest BCUT2D eigenvalue weighted by molar-refractivity contribution is 0.0364. The molecule has 4 rings (SSSR count). The van der Waals surface area contributed by atoms with Crippen LogP contribution in [0.25, 0.3) is 21.7 Å². The van der Waals surface area contributed by atoms with E-state index < -0.39 is 0 Å². The van der Waals surface area contributed by atoms with Crippen molar-refractivity contribution in [3.05, 3.63) is 53.3 Å². The molecule has 1 unspecified atom stereocenters. The summed E-state index contributed by atoms with van der Waals surface area (Å²) >= 11 is 3.30. The summed E-state index contributed by atoms with van der Waals surface area (Å²) < 4.78 is 19.9. The van der Waals surface area contributed by atoms with Crippen LogP contribution in [0.3, 0.4) is 0 Å². The molecule has 2 aromatic carbocycles. The van der Waals surface area contributed by atoms with E-state index in [2.05, 4.69) is 24.0 Å². The van der Waals surface area contributed by atoms with E-state index in [1.54, 1.807) is 29.2 Å². The Morgan fingerprint density at radius 2 is 1.89 bits per heavy atom. The molecule has 0 spiro atoms. The molecule has 0 bridgehead atoms. The monoisotopic (exact) mass is 400 g/mol. The molecule has 0 radical (unpaired) electrons. The van der Waals surface area contributed by atoms with Crippen molar-refractivity contribution in [3.63, 3.8) is 0 Å². The Morgan fingerprint density at radius 3 is 2.70 bits per heavy atom. The molecule has 1 aromatic heterocycles. The summed E-state index contributed by atoms with van der Waals surface area (Å²) in [7, 11) is 4.07.